The predicted molar refractivity (Wildman–Crippen MR) is 119 cm³/mol. The molecule has 6 nitrogen and oxygen atoms in total. The Labute approximate surface area is 181 Å². The molecule has 1 aromatic heterocycles. The first-order valence-electron chi connectivity index (χ1n) is 9.65. The van der Waals surface area contributed by atoms with Gasteiger partial charge in [0.25, 0.3) is 5.91 Å². The van der Waals surface area contributed by atoms with Crippen molar-refractivity contribution < 1.29 is 9.59 Å². The number of amides is 2. The second-order valence-corrected chi connectivity index (χ2v) is 8.54. The highest BCUT2D eigenvalue weighted by molar-refractivity contribution is 6.31. The summed E-state index contributed by atoms with van der Waals surface area (Å²) in [5.74, 6) is -0.160. The maximum absolute atomic E-state index is 12.5. The van der Waals surface area contributed by atoms with Gasteiger partial charge < -0.3 is 10.6 Å². The molecule has 0 unspecified atom stereocenters. The van der Waals surface area contributed by atoms with Gasteiger partial charge in [-0.05, 0) is 36.8 Å². The quantitative estimate of drug-likeness (QED) is 0.633. The van der Waals surface area contributed by atoms with Crippen LogP contribution in [0.5, 0.6) is 0 Å². The van der Waals surface area contributed by atoms with Gasteiger partial charge in [0.1, 0.15) is 5.82 Å². The highest BCUT2D eigenvalue weighted by Gasteiger charge is 2.22. The van der Waals surface area contributed by atoms with E-state index in [1.165, 1.54) is 0 Å². The van der Waals surface area contributed by atoms with E-state index >= 15 is 0 Å². The lowest BCUT2D eigenvalue weighted by Crippen LogP contribution is -2.33. The molecule has 0 bridgehead atoms. The Morgan fingerprint density at radius 2 is 1.80 bits per heavy atom. The third kappa shape index (κ3) is 5.07. The smallest absolute Gasteiger partial charge is 0.251 e. The minimum Gasteiger partial charge on any atom is -0.343 e. The second kappa shape index (κ2) is 8.71. The number of nitrogens with zero attached hydrogens (tertiary/aromatic N) is 2. The molecule has 30 heavy (non-hydrogen) atoms. The summed E-state index contributed by atoms with van der Waals surface area (Å²) in [6.07, 6.45) is 0. The molecule has 0 saturated heterocycles. The molecule has 156 valence electrons. The lowest BCUT2D eigenvalue weighted by atomic mass is 9.92. The molecule has 0 aliphatic carbocycles. The zero-order valence-corrected chi connectivity index (χ0v) is 18.2. The predicted octanol–water partition coefficient (Wildman–Crippen LogP) is 4.50. The molecule has 0 saturated carbocycles. The van der Waals surface area contributed by atoms with Crippen LogP contribution in [0, 0.1) is 6.92 Å². The molecule has 1 heterocycles. The highest BCUT2D eigenvalue weighted by Crippen LogP contribution is 2.27. The molecule has 3 rings (SSSR count). The number of hydrogen-bond acceptors (Lipinski definition) is 3. The number of aromatic nitrogens is 2. The van der Waals surface area contributed by atoms with E-state index in [-0.39, 0.29) is 23.8 Å². The number of para-hydroxylation sites is 1. The largest absolute Gasteiger partial charge is 0.343 e. The van der Waals surface area contributed by atoms with Gasteiger partial charge in [-0.25, -0.2) is 4.68 Å². The van der Waals surface area contributed by atoms with Crippen LogP contribution >= 0.6 is 11.6 Å². The van der Waals surface area contributed by atoms with Crippen molar-refractivity contribution in [3.05, 3.63) is 76.4 Å². The molecule has 0 atom stereocenters. The molecule has 2 amide bonds. The maximum Gasteiger partial charge on any atom is 0.251 e. The van der Waals surface area contributed by atoms with Crippen LogP contribution in [0.1, 0.15) is 42.4 Å². The normalized spacial score (nSPS) is 11.2. The van der Waals surface area contributed by atoms with Crippen molar-refractivity contribution in [3.63, 3.8) is 0 Å². The number of halogens is 1. The second-order valence-electron chi connectivity index (χ2n) is 8.10. The van der Waals surface area contributed by atoms with Crippen molar-refractivity contribution in [2.75, 3.05) is 11.9 Å². The van der Waals surface area contributed by atoms with Crippen molar-refractivity contribution in [3.8, 4) is 5.69 Å². The van der Waals surface area contributed by atoms with Crippen LogP contribution in [0.3, 0.4) is 0 Å². The summed E-state index contributed by atoms with van der Waals surface area (Å²) in [4.78, 5) is 24.8. The minimum absolute atomic E-state index is 0.171. The first kappa shape index (κ1) is 21.6. The zero-order chi connectivity index (χ0) is 21.9. The topological polar surface area (TPSA) is 76.0 Å². The summed E-state index contributed by atoms with van der Waals surface area (Å²) in [5.41, 5.74) is 2.98. The van der Waals surface area contributed by atoms with Crippen LogP contribution in [0.4, 0.5) is 5.82 Å². The number of carbonyl (C=O) groups is 2. The average Bonchev–Trinajstić information content (AvgIpc) is 3.10. The van der Waals surface area contributed by atoms with Crippen LogP contribution in [-0.2, 0) is 10.2 Å². The van der Waals surface area contributed by atoms with E-state index in [2.05, 4.69) is 31.4 Å². The standard InChI is InChI=1S/C23H25ClN4O2/c1-15-8-5-6-11-18(15)28-20(13-19(27-28)23(2,3)4)26-21(29)14-25-22(30)16-9-7-10-17(24)12-16/h5-13H,14H2,1-4H3,(H,25,30)(H,26,29). The Morgan fingerprint density at radius 1 is 1.07 bits per heavy atom. The van der Waals surface area contributed by atoms with Gasteiger partial charge in [-0.1, -0.05) is 56.6 Å². The van der Waals surface area contributed by atoms with Crippen LogP contribution in [0.15, 0.2) is 54.6 Å². The van der Waals surface area contributed by atoms with E-state index < -0.39 is 0 Å². The van der Waals surface area contributed by atoms with E-state index in [1.807, 2.05) is 37.3 Å². The summed E-state index contributed by atoms with van der Waals surface area (Å²) < 4.78 is 1.73. The van der Waals surface area contributed by atoms with E-state index in [9.17, 15) is 9.59 Å². The molecule has 7 heteroatoms. The van der Waals surface area contributed by atoms with E-state index in [0.717, 1.165) is 16.9 Å². The van der Waals surface area contributed by atoms with Crippen LogP contribution in [-0.4, -0.2) is 28.1 Å². The monoisotopic (exact) mass is 424 g/mol. The highest BCUT2D eigenvalue weighted by atomic mass is 35.5. The number of nitrogens with one attached hydrogen (secondary N) is 2. The van der Waals surface area contributed by atoms with Crippen molar-refractivity contribution in [2.24, 2.45) is 0 Å². The summed E-state index contributed by atoms with van der Waals surface area (Å²) in [6.45, 7) is 8.01. The van der Waals surface area contributed by atoms with Crippen molar-refractivity contribution in [1.29, 1.82) is 0 Å². The summed E-state index contributed by atoms with van der Waals surface area (Å²) in [7, 11) is 0. The number of hydrogen-bond donors (Lipinski definition) is 2. The summed E-state index contributed by atoms with van der Waals surface area (Å²) in [6, 6.07) is 16.3. The Kier molecular flexibility index (Phi) is 6.27. The fraction of sp³-hybridized carbons (Fsp3) is 0.261. The Morgan fingerprint density at radius 3 is 2.47 bits per heavy atom. The fourth-order valence-corrected chi connectivity index (χ4v) is 3.09. The number of aryl methyl sites for hydroxylation is 1. The molecule has 2 N–H and O–H groups in total. The number of carbonyl (C=O) groups excluding carboxylic acids is 2. The lowest BCUT2D eigenvalue weighted by Gasteiger charge is -2.14. The zero-order valence-electron chi connectivity index (χ0n) is 17.5. The van der Waals surface area contributed by atoms with Gasteiger partial charge >= 0.3 is 0 Å². The first-order valence-corrected chi connectivity index (χ1v) is 10.0. The van der Waals surface area contributed by atoms with Gasteiger partial charge in [0.15, 0.2) is 0 Å². The van der Waals surface area contributed by atoms with E-state index in [0.29, 0.717) is 16.4 Å². The van der Waals surface area contributed by atoms with Crippen LogP contribution in [0.2, 0.25) is 5.02 Å². The molecule has 0 radical (unpaired) electrons. The lowest BCUT2D eigenvalue weighted by molar-refractivity contribution is -0.115. The maximum atomic E-state index is 12.5. The molecular weight excluding hydrogens is 400 g/mol. The van der Waals surface area contributed by atoms with Crippen LogP contribution in [0.25, 0.3) is 5.69 Å². The third-order valence-electron chi connectivity index (χ3n) is 4.59. The van der Waals surface area contributed by atoms with Gasteiger partial charge in [-0.15, -0.1) is 0 Å². The van der Waals surface area contributed by atoms with Gasteiger partial charge in [0.05, 0.1) is 17.9 Å². The molecule has 0 aliphatic heterocycles. The fourth-order valence-electron chi connectivity index (χ4n) is 2.90. The molecule has 0 fully saturated rings. The number of anilines is 1. The molecule has 2 aromatic carbocycles. The molecule has 0 spiro atoms. The first-order chi connectivity index (χ1) is 14.1. The Hall–Kier alpha value is -3.12. The Balaban J connectivity index is 1.78. The molecular formula is C23H25ClN4O2. The molecule has 3 aromatic rings. The minimum atomic E-state index is -0.365. The third-order valence-corrected chi connectivity index (χ3v) is 4.82. The Bertz CT molecular complexity index is 1080. The van der Waals surface area contributed by atoms with Gasteiger partial charge in [0.2, 0.25) is 5.91 Å². The van der Waals surface area contributed by atoms with Crippen molar-refractivity contribution >= 4 is 29.2 Å². The van der Waals surface area contributed by atoms with Gasteiger partial charge in [-0.3, -0.25) is 9.59 Å². The van der Waals surface area contributed by atoms with Gasteiger partial charge in [0, 0.05) is 22.1 Å². The molecule has 0 aliphatic rings. The number of benzene rings is 2. The summed E-state index contributed by atoms with van der Waals surface area (Å²) >= 11 is 5.92. The number of rotatable bonds is 5. The summed E-state index contributed by atoms with van der Waals surface area (Å²) in [5, 5.41) is 10.7. The average molecular weight is 425 g/mol. The van der Waals surface area contributed by atoms with Crippen molar-refractivity contribution in [2.45, 2.75) is 33.1 Å². The van der Waals surface area contributed by atoms with Crippen molar-refractivity contribution in [1.82, 2.24) is 15.1 Å². The van der Waals surface area contributed by atoms with Crippen LogP contribution < -0.4 is 10.6 Å². The van der Waals surface area contributed by atoms with Gasteiger partial charge in [-0.2, -0.15) is 5.10 Å². The van der Waals surface area contributed by atoms with E-state index in [1.54, 1.807) is 28.9 Å². The SMILES string of the molecule is Cc1ccccc1-n1nc(C(C)(C)C)cc1NC(=O)CNC(=O)c1cccc(Cl)c1. The van der Waals surface area contributed by atoms with E-state index in [4.69, 9.17) is 16.7 Å².